The van der Waals surface area contributed by atoms with Crippen molar-refractivity contribution in [2.75, 3.05) is 6.54 Å². The van der Waals surface area contributed by atoms with Crippen molar-refractivity contribution in [3.63, 3.8) is 0 Å². The summed E-state index contributed by atoms with van der Waals surface area (Å²) in [6.45, 7) is 13.8. The van der Waals surface area contributed by atoms with E-state index in [1.807, 2.05) is 19.1 Å². The van der Waals surface area contributed by atoms with Gasteiger partial charge in [0.1, 0.15) is 0 Å². The summed E-state index contributed by atoms with van der Waals surface area (Å²) >= 11 is 0. The highest BCUT2D eigenvalue weighted by Gasteiger charge is 2.48. The Kier molecular flexibility index (Phi) is 5.04. The van der Waals surface area contributed by atoms with Crippen LogP contribution in [-0.4, -0.2) is 6.54 Å². The summed E-state index contributed by atoms with van der Waals surface area (Å²) in [6, 6.07) is 0. The molecule has 1 fully saturated rings. The molecule has 1 rings (SSSR count). The standard InChI is InChI=1S/C16H27N/c1-6-8-14(4)17-12-15-11-16(15,5)10-7-9-13(2)3/h6,8-9,15,17H,4,7,10-12H2,1-3,5H3/b8-6+. The maximum Gasteiger partial charge on any atom is 0.0263 e. The van der Waals surface area contributed by atoms with Crippen LogP contribution >= 0.6 is 0 Å². The van der Waals surface area contributed by atoms with Gasteiger partial charge in [-0.3, -0.25) is 0 Å². The smallest absolute Gasteiger partial charge is 0.0263 e. The molecule has 0 spiro atoms. The van der Waals surface area contributed by atoms with Crippen LogP contribution in [0.25, 0.3) is 0 Å². The molecule has 0 heterocycles. The first-order valence-corrected chi connectivity index (χ1v) is 6.67. The van der Waals surface area contributed by atoms with Crippen molar-refractivity contribution in [1.82, 2.24) is 5.32 Å². The minimum absolute atomic E-state index is 0.565. The lowest BCUT2D eigenvalue weighted by molar-refractivity contribution is 0.458. The number of hydrogen-bond acceptors (Lipinski definition) is 1. The Morgan fingerprint density at radius 3 is 2.76 bits per heavy atom. The van der Waals surface area contributed by atoms with Crippen LogP contribution < -0.4 is 5.32 Å². The Balaban J connectivity index is 2.22. The monoisotopic (exact) mass is 233 g/mol. The zero-order chi connectivity index (χ0) is 12.9. The van der Waals surface area contributed by atoms with Crippen LogP contribution in [0.3, 0.4) is 0 Å². The molecule has 0 saturated heterocycles. The fraction of sp³-hybridized carbons (Fsp3) is 0.625. The number of nitrogens with one attached hydrogen (secondary N) is 1. The predicted octanol–water partition coefficient (Wildman–Crippen LogP) is 4.44. The summed E-state index contributed by atoms with van der Waals surface area (Å²) in [6.07, 6.45) is 10.3. The molecule has 0 aliphatic heterocycles. The molecule has 0 amide bonds. The van der Waals surface area contributed by atoms with Crippen LogP contribution in [0.5, 0.6) is 0 Å². The third kappa shape index (κ3) is 4.80. The Hall–Kier alpha value is -0.980. The van der Waals surface area contributed by atoms with E-state index in [0.29, 0.717) is 5.41 Å². The Labute approximate surface area is 107 Å². The summed E-state index contributed by atoms with van der Waals surface area (Å²) in [5.41, 5.74) is 3.03. The van der Waals surface area contributed by atoms with Gasteiger partial charge in [0.2, 0.25) is 0 Å². The van der Waals surface area contributed by atoms with Crippen LogP contribution in [0.4, 0.5) is 0 Å². The van der Waals surface area contributed by atoms with E-state index in [-0.39, 0.29) is 0 Å². The van der Waals surface area contributed by atoms with Gasteiger partial charge in [0.15, 0.2) is 0 Å². The molecule has 0 aromatic rings. The second-order valence-corrected chi connectivity index (χ2v) is 5.78. The fourth-order valence-corrected chi connectivity index (χ4v) is 2.33. The average Bonchev–Trinajstić information content (AvgIpc) is 2.87. The topological polar surface area (TPSA) is 12.0 Å². The predicted molar refractivity (Wildman–Crippen MR) is 76.8 cm³/mol. The molecular formula is C16H27N. The normalized spacial score (nSPS) is 26.9. The zero-order valence-electron chi connectivity index (χ0n) is 11.8. The summed E-state index contributed by atoms with van der Waals surface area (Å²) in [4.78, 5) is 0. The fourth-order valence-electron chi connectivity index (χ4n) is 2.33. The summed E-state index contributed by atoms with van der Waals surface area (Å²) < 4.78 is 0. The van der Waals surface area contributed by atoms with Crippen LogP contribution in [0.1, 0.15) is 47.0 Å². The Morgan fingerprint density at radius 1 is 1.47 bits per heavy atom. The molecule has 1 saturated carbocycles. The van der Waals surface area contributed by atoms with Crippen LogP contribution in [0, 0.1) is 11.3 Å². The number of rotatable bonds is 7. The molecule has 2 unspecified atom stereocenters. The lowest BCUT2D eigenvalue weighted by Crippen LogP contribution is -2.17. The lowest BCUT2D eigenvalue weighted by Gasteiger charge is -2.11. The van der Waals surface area contributed by atoms with Crippen LogP contribution in [0.15, 0.2) is 36.1 Å². The van der Waals surface area contributed by atoms with Gasteiger partial charge in [0.25, 0.3) is 0 Å². The van der Waals surface area contributed by atoms with Crippen molar-refractivity contribution in [1.29, 1.82) is 0 Å². The largest absolute Gasteiger partial charge is 0.385 e. The maximum absolute atomic E-state index is 3.97. The van der Waals surface area contributed by atoms with E-state index in [2.05, 4.69) is 38.7 Å². The molecule has 0 aromatic carbocycles. The molecule has 1 aliphatic carbocycles. The van der Waals surface area contributed by atoms with E-state index in [1.54, 1.807) is 0 Å². The minimum Gasteiger partial charge on any atom is -0.385 e. The zero-order valence-corrected chi connectivity index (χ0v) is 11.8. The van der Waals surface area contributed by atoms with E-state index < -0.39 is 0 Å². The number of hydrogen-bond donors (Lipinski definition) is 1. The van der Waals surface area contributed by atoms with Crippen molar-refractivity contribution in [2.24, 2.45) is 11.3 Å². The van der Waals surface area contributed by atoms with Crippen LogP contribution in [-0.2, 0) is 0 Å². The van der Waals surface area contributed by atoms with Gasteiger partial charge in [-0.05, 0) is 57.4 Å². The van der Waals surface area contributed by atoms with E-state index >= 15 is 0 Å². The van der Waals surface area contributed by atoms with E-state index in [0.717, 1.165) is 18.2 Å². The molecule has 0 aromatic heterocycles. The Morgan fingerprint density at radius 2 is 2.18 bits per heavy atom. The maximum atomic E-state index is 3.97. The molecule has 0 radical (unpaired) electrons. The number of allylic oxidation sites excluding steroid dienone is 4. The van der Waals surface area contributed by atoms with Crippen LogP contribution in [0.2, 0.25) is 0 Å². The average molecular weight is 233 g/mol. The molecule has 96 valence electrons. The van der Waals surface area contributed by atoms with Gasteiger partial charge in [-0.25, -0.2) is 0 Å². The Bertz CT molecular complexity index is 320. The minimum atomic E-state index is 0.565. The van der Waals surface area contributed by atoms with Crippen molar-refractivity contribution in [2.45, 2.75) is 47.0 Å². The SMILES string of the molecule is C=C(/C=C/C)NCC1CC1(C)CCC=C(C)C. The van der Waals surface area contributed by atoms with Gasteiger partial charge in [-0.1, -0.05) is 31.2 Å². The van der Waals surface area contributed by atoms with Gasteiger partial charge in [0, 0.05) is 12.2 Å². The molecule has 0 bridgehead atoms. The van der Waals surface area contributed by atoms with Crippen molar-refractivity contribution >= 4 is 0 Å². The highest BCUT2D eigenvalue weighted by molar-refractivity contribution is 5.13. The summed E-state index contributed by atoms with van der Waals surface area (Å²) in [5.74, 6) is 0.829. The molecule has 1 heteroatoms. The van der Waals surface area contributed by atoms with Crippen molar-refractivity contribution in [3.8, 4) is 0 Å². The third-order valence-corrected chi connectivity index (χ3v) is 3.75. The third-order valence-electron chi connectivity index (χ3n) is 3.75. The first kappa shape index (κ1) is 14.1. The van der Waals surface area contributed by atoms with Gasteiger partial charge in [-0.2, -0.15) is 0 Å². The second kappa shape index (κ2) is 6.09. The molecule has 17 heavy (non-hydrogen) atoms. The van der Waals surface area contributed by atoms with Crippen molar-refractivity contribution in [3.05, 3.63) is 36.1 Å². The van der Waals surface area contributed by atoms with Gasteiger partial charge < -0.3 is 5.32 Å². The second-order valence-electron chi connectivity index (χ2n) is 5.78. The van der Waals surface area contributed by atoms with E-state index in [9.17, 15) is 0 Å². The van der Waals surface area contributed by atoms with Gasteiger partial charge >= 0.3 is 0 Å². The molecule has 1 nitrogen and oxygen atoms in total. The summed E-state index contributed by atoms with van der Waals surface area (Å²) in [7, 11) is 0. The van der Waals surface area contributed by atoms with Crippen molar-refractivity contribution < 1.29 is 0 Å². The molecule has 1 N–H and O–H groups in total. The highest BCUT2D eigenvalue weighted by atomic mass is 14.9. The first-order chi connectivity index (χ1) is 7.98. The van der Waals surface area contributed by atoms with E-state index in [1.165, 1.54) is 24.8 Å². The molecule has 2 atom stereocenters. The quantitative estimate of drug-likeness (QED) is 0.506. The van der Waals surface area contributed by atoms with E-state index in [4.69, 9.17) is 0 Å². The van der Waals surface area contributed by atoms with Gasteiger partial charge in [0.05, 0.1) is 0 Å². The molecular weight excluding hydrogens is 206 g/mol. The molecule has 1 aliphatic rings. The highest BCUT2D eigenvalue weighted by Crippen LogP contribution is 2.55. The first-order valence-electron chi connectivity index (χ1n) is 6.67. The van der Waals surface area contributed by atoms with Gasteiger partial charge in [-0.15, -0.1) is 0 Å². The summed E-state index contributed by atoms with van der Waals surface area (Å²) in [5, 5.41) is 3.40. The lowest BCUT2D eigenvalue weighted by atomic mass is 9.99.